The molecule has 0 fully saturated rings. The lowest BCUT2D eigenvalue weighted by molar-refractivity contribution is 0.202. The van der Waals surface area contributed by atoms with Gasteiger partial charge in [0.05, 0.1) is 18.7 Å². The maximum absolute atomic E-state index is 14.3. The number of urea groups is 1. The first-order valence-electron chi connectivity index (χ1n) is 11.4. The van der Waals surface area contributed by atoms with Gasteiger partial charge < -0.3 is 14.6 Å². The van der Waals surface area contributed by atoms with Gasteiger partial charge in [0.25, 0.3) is 5.89 Å². The highest BCUT2D eigenvalue weighted by atomic mass is 32.2. The number of halogens is 1. The summed E-state index contributed by atoms with van der Waals surface area (Å²) < 4.78 is 24.9. The van der Waals surface area contributed by atoms with E-state index in [0.717, 1.165) is 28.1 Å². The first-order valence-corrected chi connectivity index (χ1v) is 12.7. The molecule has 7 nitrogen and oxygen atoms in total. The number of aromatic nitrogens is 2. The quantitative estimate of drug-likeness (QED) is 0.377. The van der Waals surface area contributed by atoms with E-state index in [1.165, 1.54) is 19.2 Å². The molecular weight excluding hydrogens is 467 g/mol. The van der Waals surface area contributed by atoms with E-state index >= 15 is 0 Å². The van der Waals surface area contributed by atoms with Crippen LogP contribution in [0.15, 0.2) is 57.6 Å². The van der Waals surface area contributed by atoms with Crippen LogP contribution in [0.5, 0.6) is 5.75 Å². The zero-order chi connectivity index (χ0) is 25.1. The Morgan fingerprint density at radius 3 is 2.60 bits per heavy atom. The van der Waals surface area contributed by atoms with Crippen molar-refractivity contribution in [1.82, 2.24) is 20.4 Å². The molecule has 1 unspecified atom stereocenters. The number of thioether (sulfide) groups is 1. The second kappa shape index (κ2) is 10.5. The molecule has 2 heterocycles. The molecule has 35 heavy (non-hydrogen) atoms. The molecule has 0 spiro atoms. The molecule has 1 N–H and O–H groups in total. The number of nitrogens with zero attached hydrogens (tertiary/aromatic N) is 3. The van der Waals surface area contributed by atoms with E-state index in [1.807, 2.05) is 37.4 Å². The molecule has 184 valence electrons. The van der Waals surface area contributed by atoms with E-state index in [9.17, 15) is 9.18 Å². The van der Waals surface area contributed by atoms with Gasteiger partial charge in [0.2, 0.25) is 5.82 Å². The lowest BCUT2D eigenvalue weighted by Gasteiger charge is -2.35. The number of methoxy groups -OCH3 is 1. The molecule has 1 aliphatic rings. The summed E-state index contributed by atoms with van der Waals surface area (Å²) in [6.45, 7) is 6.71. The van der Waals surface area contributed by atoms with Crippen molar-refractivity contribution in [3.05, 3.63) is 65.4 Å². The molecular formula is C26H29FN4O3S. The monoisotopic (exact) mass is 496 g/mol. The van der Waals surface area contributed by atoms with Crippen LogP contribution in [0.2, 0.25) is 0 Å². The van der Waals surface area contributed by atoms with E-state index in [0.29, 0.717) is 18.0 Å². The third-order valence-electron chi connectivity index (χ3n) is 6.04. The Hall–Kier alpha value is -3.33. The smallest absolute Gasteiger partial charge is 0.322 e. The fourth-order valence-corrected chi connectivity index (χ4v) is 4.43. The number of rotatable bonds is 8. The number of amides is 2. The van der Waals surface area contributed by atoms with Crippen LogP contribution in [-0.2, 0) is 0 Å². The van der Waals surface area contributed by atoms with Crippen molar-refractivity contribution < 1.29 is 18.4 Å². The normalized spacial score (nSPS) is 16.1. The van der Waals surface area contributed by atoms with E-state index in [4.69, 9.17) is 9.26 Å². The van der Waals surface area contributed by atoms with E-state index in [2.05, 4.69) is 29.3 Å². The summed E-state index contributed by atoms with van der Waals surface area (Å²) in [6.07, 6.45) is 2.87. The van der Waals surface area contributed by atoms with Crippen LogP contribution in [0.3, 0.4) is 0 Å². The standard InChI is InChI=1S/C26H29FN4O3S/c1-15(2)12-13-31-16(3)22(23(28-26(31)32)17-6-9-19(35-5)10-7-17)25-29-24(30-34-25)18-8-11-21(33-4)20(27)14-18/h6-11,14-15,23H,12-13H2,1-5H3,(H,28,32). The number of nitrogens with one attached hydrogen (secondary N) is 1. The predicted molar refractivity (Wildman–Crippen MR) is 134 cm³/mol. The molecule has 0 radical (unpaired) electrons. The van der Waals surface area contributed by atoms with Gasteiger partial charge in [0, 0.05) is 22.7 Å². The number of carbonyl (C=O) groups excluding carboxylic acids is 1. The van der Waals surface area contributed by atoms with Gasteiger partial charge in [0.1, 0.15) is 0 Å². The minimum atomic E-state index is -0.511. The van der Waals surface area contributed by atoms with Crippen molar-refractivity contribution in [2.24, 2.45) is 5.92 Å². The Kier molecular flexibility index (Phi) is 7.45. The number of carbonyl (C=O) groups is 1. The van der Waals surface area contributed by atoms with Crippen LogP contribution >= 0.6 is 11.8 Å². The Bertz CT molecular complexity index is 1240. The van der Waals surface area contributed by atoms with Gasteiger partial charge in [-0.25, -0.2) is 9.18 Å². The summed E-state index contributed by atoms with van der Waals surface area (Å²) in [6, 6.07) is 11.9. The molecule has 2 amide bonds. The minimum Gasteiger partial charge on any atom is -0.494 e. The van der Waals surface area contributed by atoms with Crippen molar-refractivity contribution in [3.63, 3.8) is 0 Å². The van der Waals surface area contributed by atoms with Gasteiger partial charge in [-0.15, -0.1) is 11.8 Å². The van der Waals surface area contributed by atoms with Crippen molar-refractivity contribution in [2.45, 2.75) is 38.1 Å². The molecule has 9 heteroatoms. The van der Waals surface area contributed by atoms with Crippen molar-refractivity contribution in [2.75, 3.05) is 19.9 Å². The second-order valence-corrected chi connectivity index (χ2v) is 9.64. The fraction of sp³-hybridized carbons (Fsp3) is 0.346. The molecule has 0 bridgehead atoms. The lowest BCUT2D eigenvalue weighted by atomic mass is 9.94. The van der Waals surface area contributed by atoms with Crippen LogP contribution in [0.4, 0.5) is 9.18 Å². The fourth-order valence-electron chi connectivity index (χ4n) is 4.02. The highest BCUT2D eigenvalue weighted by Crippen LogP contribution is 2.38. The average Bonchev–Trinajstić information content (AvgIpc) is 3.33. The molecule has 1 aliphatic heterocycles. The van der Waals surface area contributed by atoms with Gasteiger partial charge >= 0.3 is 6.03 Å². The summed E-state index contributed by atoms with van der Waals surface area (Å²) in [5.74, 6) is 0.603. The summed E-state index contributed by atoms with van der Waals surface area (Å²) >= 11 is 1.65. The zero-order valence-corrected chi connectivity index (χ0v) is 21.3. The maximum Gasteiger partial charge on any atom is 0.322 e. The Labute approximate surface area is 208 Å². The first-order chi connectivity index (χ1) is 16.8. The summed E-state index contributed by atoms with van der Waals surface area (Å²) in [5.41, 5.74) is 2.85. The van der Waals surface area contributed by atoms with Gasteiger partial charge in [-0.1, -0.05) is 31.1 Å². The van der Waals surface area contributed by atoms with Crippen molar-refractivity contribution in [1.29, 1.82) is 0 Å². The third kappa shape index (κ3) is 5.19. The van der Waals surface area contributed by atoms with Crippen LogP contribution in [0.25, 0.3) is 17.0 Å². The van der Waals surface area contributed by atoms with Gasteiger partial charge in [-0.2, -0.15) is 4.98 Å². The Morgan fingerprint density at radius 1 is 1.23 bits per heavy atom. The molecule has 2 aromatic carbocycles. The number of hydrogen-bond donors (Lipinski definition) is 1. The van der Waals surface area contributed by atoms with Crippen LogP contribution in [0.1, 0.15) is 44.7 Å². The van der Waals surface area contributed by atoms with E-state index < -0.39 is 11.9 Å². The molecule has 0 saturated heterocycles. The largest absolute Gasteiger partial charge is 0.494 e. The first kappa shape index (κ1) is 24.8. The highest BCUT2D eigenvalue weighted by Gasteiger charge is 2.35. The number of allylic oxidation sites excluding steroid dienone is 1. The van der Waals surface area contributed by atoms with Crippen molar-refractivity contribution >= 4 is 23.4 Å². The summed E-state index contributed by atoms with van der Waals surface area (Å²) in [4.78, 5) is 20.5. The van der Waals surface area contributed by atoms with Crippen LogP contribution in [0, 0.1) is 11.7 Å². The molecule has 3 aromatic rings. The minimum absolute atomic E-state index is 0.139. The summed E-state index contributed by atoms with van der Waals surface area (Å²) in [7, 11) is 1.41. The van der Waals surface area contributed by atoms with Crippen LogP contribution in [-0.4, -0.2) is 41.0 Å². The Morgan fingerprint density at radius 2 is 1.97 bits per heavy atom. The number of hydrogen-bond acceptors (Lipinski definition) is 6. The number of ether oxygens (including phenoxy) is 1. The van der Waals surface area contributed by atoms with Gasteiger partial charge in [0.15, 0.2) is 11.6 Å². The van der Waals surface area contributed by atoms with Gasteiger partial charge in [-0.3, -0.25) is 4.90 Å². The summed E-state index contributed by atoms with van der Waals surface area (Å²) in [5, 5.41) is 7.22. The molecule has 1 atom stereocenters. The zero-order valence-electron chi connectivity index (χ0n) is 20.5. The maximum atomic E-state index is 14.3. The molecule has 4 rings (SSSR count). The van der Waals surface area contributed by atoms with Crippen molar-refractivity contribution in [3.8, 4) is 17.1 Å². The van der Waals surface area contributed by atoms with E-state index in [-0.39, 0.29) is 23.5 Å². The number of benzene rings is 2. The second-order valence-electron chi connectivity index (χ2n) is 8.76. The molecule has 0 saturated carbocycles. The van der Waals surface area contributed by atoms with E-state index in [1.54, 1.807) is 22.7 Å². The molecule has 0 aliphatic carbocycles. The predicted octanol–water partition coefficient (Wildman–Crippen LogP) is 6.15. The van der Waals surface area contributed by atoms with Crippen LogP contribution < -0.4 is 10.1 Å². The topological polar surface area (TPSA) is 80.5 Å². The third-order valence-corrected chi connectivity index (χ3v) is 6.79. The lowest BCUT2D eigenvalue weighted by Crippen LogP contribution is -2.46. The highest BCUT2D eigenvalue weighted by molar-refractivity contribution is 7.98. The van der Waals surface area contributed by atoms with Gasteiger partial charge in [-0.05, 0) is 61.4 Å². The SMILES string of the molecule is COc1ccc(-c2noc(C3=C(C)N(CCC(C)C)C(=O)NC3c3ccc(SC)cc3)n2)cc1F. The Balaban J connectivity index is 1.77. The molecule has 1 aromatic heterocycles. The average molecular weight is 497 g/mol.